The monoisotopic (exact) mass is 375 g/mol. The average Bonchev–Trinajstić information content (AvgIpc) is 3.03. The van der Waals surface area contributed by atoms with E-state index in [1.165, 1.54) is 11.3 Å². The first-order valence-corrected chi connectivity index (χ1v) is 9.58. The zero-order valence-electron chi connectivity index (χ0n) is 15.6. The number of esters is 1. The molecule has 0 spiro atoms. The molecule has 6 heteroatoms. The number of carbonyl (C=O) groups is 2. The van der Waals surface area contributed by atoms with Gasteiger partial charge in [-0.25, -0.2) is 4.79 Å². The number of hydrogen-bond donors (Lipinski definition) is 1. The fourth-order valence-electron chi connectivity index (χ4n) is 2.34. The average molecular weight is 375 g/mol. The van der Waals surface area contributed by atoms with Crippen molar-refractivity contribution in [1.82, 2.24) is 0 Å². The number of hydrogen-bond acceptors (Lipinski definition) is 5. The molecule has 0 atom stereocenters. The van der Waals surface area contributed by atoms with E-state index in [0.717, 1.165) is 16.9 Å². The molecule has 0 fully saturated rings. The summed E-state index contributed by atoms with van der Waals surface area (Å²) in [7, 11) is 0. The molecule has 0 bridgehead atoms. The molecule has 26 heavy (non-hydrogen) atoms. The molecular weight excluding hydrogens is 350 g/mol. The van der Waals surface area contributed by atoms with Crippen LogP contribution in [-0.4, -0.2) is 25.1 Å². The standard InChI is InChI=1S/C20H25NO4S/c1-5-16-11-17(20(23)24-6-2)19(26-16)21-18(22)12-25-15-9-7-8-14(10-15)13(3)4/h7-11,13H,5-6,12H2,1-4H3,(H,21,22). The molecule has 1 N–H and O–H groups in total. The van der Waals surface area contributed by atoms with Crippen LogP contribution >= 0.6 is 11.3 Å². The fraction of sp³-hybridized carbons (Fsp3) is 0.400. The van der Waals surface area contributed by atoms with Gasteiger partial charge in [-0.1, -0.05) is 32.9 Å². The van der Waals surface area contributed by atoms with Gasteiger partial charge in [0.15, 0.2) is 6.61 Å². The number of anilines is 1. The lowest BCUT2D eigenvalue weighted by atomic mass is 10.0. The van der Waals surface area contributed by atoms with Crippen molar-refractivity contribution in [3.63, 3.8) is 0 Å². The lowest BCUT2D eigenvalue weighted by molar-refractivity contribution is -0.118. The minimum atomic E-state index is -0.427. The molecule has 0 aliphatic rings. The van der Waals surface area contributed by atoms with Crippen molar-refractivity contribution in [3.05, 3.63) is 46.3 Å². The van der Waals surface area contributed by atoms with Crippen LogP contribution in [0, 0.1) is 0 Å². The summed E-state index contributed by atoms with van der Waals surface area (Å²) in [4.78, 5) is 25.3. The maximum absolute atomic E-state index is 12.3. The molecule has 0 unspecified atom stereocenters. The summed E-state index contributed by atoms with van der Waals surface area (Å²) >= 11 is 1.38. The van der Waals surface area contributed by atoms with E-state index >= 15 is 0 Å². The van der Waals surface area contributed by atoms with Crippen LogP contribution in [0.3, 0.4) is 0 Å². The molecule has 0 aliphatic heterocycles. The molecule has 1 aromatic carbocycles. The van der Waals surface area contributed by atoms with Crippen LogP contribution in [0.15, 0.2) is 30.3 Å². The Labute approximate surface area is 158 Å². The second kappa shape index (κ2) is 9.38. The number of ether oxygens (including phenoxy) is 2. The zero-order valence-corrected chi connectivity index (χ0v) is 16.4. The third kappa shape index (κ3) is 5.33. The van der Waals surface area contributed by atoms with E-state index in [4.69, 9.17) is 9.47 Å². The molecule has 2 aromatic rings. The summed E-state index contributed by atoms with van der Waals surface area (Å²) in [6, 6.07) is 9.46. The van der Waals surface area contributed by atoms with Gasteiger partial charge in [-0.2, -0.15) is 0 Å². The van der Waals surface area contributed by atoms with Gasteiger partial charge in [-0.15, -0.1) is 11.3 Å². The normalized spacial score (nSPS) is 10.7. The van der Waals surface area contributed by atoms with Gasteiger partial charge in [0, 0.05) is 4.88 Å². The highest BCUT2D eigenvalue weighted by Crippen LogP contribution is 2.29. The molecule has 1 heterocycles. The topological polar surface area (TPSA) is 64.6 Å². The SMILES string of the molecule is CCOC(=O)c1cc(CC)sc1NC(=O)COc1cccc(C(C)C)c1. The minimum absolute atomic E-state index is 0.122. The Bertz CT molecular complexity index is 767. The smallest absolute Gasteiger partial charge is 0.341 e. The Kier molecular flexibility index (Phi) is 7.21. The highest BCUT2D eigenvalue weighted by molar-refractivity contribution is 7.16. The number of nitrogens with one attached hydrogen (secondary N) is 1. The van der Waals surface area contributed by atoms with E-state index in [2.05, 4.69) is 19.2 Å². The summed E-state index contributed by atoms with van der Waals surface area (Å²) in [5, 5.41) is 3.27. The summed E-state index contributed by atoms with van der Waals surface area (Å²) in [6.07, 6.45) is 0.783. The van der Waals surface area contributed by atoms with Crippen LogP contribution < -0.4 is 10.1 Å². The van der Waals surface area contributed by atoms with Crippen molar-refractivity contribution in [3.8, 4) is 5.75 Å². The van der Waals surface area contributed by atoms with Gasteiger partial charge < -0.3 is 14.8 Å². The second-order valence-electron chi connectivity index (χ2n) is 6.09. The molecular formula is C20H25NO4S. The number of carbonyl (C=O) groups excluding carboxylic acids is 2. The maximum atomic E-state index is 12.3. The van der Waals surface area contributed by atoms with E-state index in [9.17, 15) is 9.59 Å². The van der Waals surface area contributed by atoms with E-state index in [1.807, 2.05) is 31.2 Å². The van der Waals surface area contributed by atoms with Gasteiger partial charge in [0.25, 0.3) is 5.91 Å². The number of benzene rings is 1. The number of thiophene rings is 1. The fourth-order valence-corrected chi connectivity index (χ4v) is 3.35. The maximum Gasteiger partial charge on any atom is 0.341 e. The summed E-state index contributed by atoms with van der Waals surface area (Å²) in [5.74, 6) is 0.301. The summed E-state index contributed by atoms with van der Waals surface area (Å²) < 4.78 is 10.6. The van der Waals surface area contributed by atoms with Gasteiger partial charge in [0.1, 0.15) is 10.8 Å². The zero-order chi connectivity index (χ0) is 19.1. The number of aryl methyl sites for hydroxylation is 1. The first kappa shape index (κ1) is 20.0. The first-order valence-electron chi connectivity index (χ1n) is 8.77. The van der Waals surface area contributed by atoms with Crippen LogP contribution in [0.4, 0.5) is 5.00 Å². The Balaban J connectivity index is 2.02. The van der Waals surface area contributed by atoms with E-state index in [0.29, 0.717) is 28.8 Å². The predicted molar refractivity (Wildman–Crippen MR) is 104 cm³/mol. The van der Waals surface area contributed by atoms with Crippen LogP contribution in [0.1, 0.15) is 54.4 Å². The van der Waals surface area contributed by atoms with Crippen LogP contribution in [0.2, 0.25) is 0 Å². The predicted octanol–water partition coefficient (Wildman–Crippen LogP) is 4.63. The molecule has 5 nitrogen and oxygen atoms in total. The van der Waals surface area contributed by atoms with Gasteiger partial charge in [-0.05, 0) is 43.0 Å². The van der Waals surface area contributed by atoms with Crippen molar-refractivity contribution in [2.45, 2.75) is 40.0 Å². The van der Waals surface area contributed by atoms with Crippen LogP contribution in [0.25, 0.3) is 0 Å². The minimum Gasteiger partial charge on any atom is -0.484 e. The third-order valence-electron chi connectivity index (χ3n) is 3.77. The van der Waals surface area contributed by atoms with Crippen LogP contribution in [0.5, 0.6) is 5.75 Å². The molecule has 1 amide bonds. The summed E-state index contributed by atoms with van der Waals surface area (Å²) in [6.45, 7) is 8.12. The Morgan fingerprint density at radius 1 is 1.19 bits per heavy atom. The summed E-state index contributed by atoms with van der Waals surface area (Å²) in [5.41, 5.74) is 1.54. The van der Waals surface area contributed by atoms with Gasteiger partial charge in [0.05, 0.1) is 12.2 Å². The van der Waals surface area contributed by atoms with E-state index in [-0.39, 0.29) is 12.5 Å². The Morgan fingerprint density at radius 2 is 1.96 bits per heavy atom. The molecule has 2 rings (SSSR count). The molecule has 1 aromatic heterocycles. The molecule has 0 radical (unpaired) electrons. The lowest BCUT2D eigenvalue weighted by Gasteiger charge is -2.10. The molecule has 0 aliphatic carbocycles. The van der Waals surface area contributed by atoms with E-state index in [1.54, 1.807) is 13.0 Å². The second-order valence-corrected chi connectivity index (χ2v) is 7.23. The highest BCUT2D eigenvalue weighted by atomic mass is 32.1. The van der Waals surface area contributed by atoms with E-state index < -0.39 is 5.97 Å². The van der Waals surface area contributed by atoms with Gasteiger partial charge in [-0.3, -0.25) is 4.79 Å². The highest BCUT2D eigenvalue weighted by Gasteiger charge is 2.18. The first-order chi connectivity index (χ1) is 12.4. The van der Waals surface area contributed by atoms with Crippen molar-refractivity contribution in [2.24, 2.45) is 0 Å². The number of amides is 1. The number of rotatable bonds is 8. The quantitative estimate of drug-likeness (QED) is 0.683. The Hall–Kier alpha value is -2.34. The lowest BCUT2D eigenvalue weighted by Crippen LogP contribution is -2.21. The van der Waals surface area contributed by atoms with Crippen molar-refractivity contribution in [2.75, 3.05) is 18.5 Å². The Morgan fingerprint density at radius 3 is 2.62 bits per heavy atom. The van der Waals surface area contributed by atoms with Gasteiger partial charge >= 0.3 is 5.97 Å². The van der Waals surface area contributed by atoms with Crippen molar-refractivity contribution >= 4 is 28.2 Å². The third-order valence-corrected chi connectivity index (χ3v) is 4.97. The van der Waals surface area contributed by atoms with Gasteiger partial charge in [0.2, 0.25) is 0 Å². The van der Waals surface area contributed by atoms with Crippen LogP contribution in [-0.2, 0) is 16.0 Å². The largest absolute Gasteiger partial charge is 0.484 e. The molecule has 0 saturated carbocycles. The molecule has 0 saturated heterocycles. The van der Waals surface area contributed by atoms with Crippen molar-refractivity contribution in [1.29, 1.82) is 0 Å². The molecule has 140 valence electrons. The van der Waals surface area contributed by atoms with Crippen molar-refractivity contribution < 1.29 is 19.1 Å².